The monoisotopic (exact) mass is 408 g/mol. The van der Waals surface area contributed by atoms with Crippen molar-refractivity contribution in [2.75, 3.05) is 0 Å². The van der Waals surface area contributed by atoms with Crippen LogP contribution in [0.15, 0.2) is 29.3 Å². The summed E-state index contributed by atoms with van der Waals surface area (Å²) in [5, 5.41) is 10.6. The fourth-order valence-corrected chi connectivity index (χ4v) is 4.13. The summed E-state index contributed by atoms with van der Waals surface area (Å²) in [5.74, 6) is -0.863. The molecule has 1 aliphatic heterocycles. The highest BCUT2D eigenvalue weighted by atomic mass is 35.5. The van der Waals surface area contributed by atoms with Gasteiger partial charge in [0.15, 0.2) is 23.6 Å². The Morgan fingerprint density at radius 2 is 1.93 bits per heavy atom. The van der Waals surface area contributed by atoms with Crippen molar-refractivity contribution in [1.29, 1.82) is 0 Å². The summed E-state index contributed by atoms with van der Waals surface area (Å²) in [7, 11) is 0. The predicted octanol–water partition coefficient (Wildman–Crippen LogP) is 5.54. The summed E-state index contributed by atoms with van der Waals surface area (Å²) in [6.45, 7) is 0. The number of carbonyl (C=O) groups is 1. The standard InChI is InChI=1S/C18H11Cl2FN2O4/c19-10-6-9(23(25)26)7-11(20)17(10)27-13-3-2-12-15(16(13)21)18(4-1-5-18)14(8-24)22-12/h2-3,6-8H,1,4-5H2. The van der Waals surface area contributed by atoms with Gasteiger partial charge in [0, 0.05) is 23.1 Å². The van der Waals surface area contributed by atoms with Gasteiger partial charge in [0.2, 0.25) is 0 Å². The molecule has 0 N–H and O–H groups in total. The maximum Gasteiger partial charge on any atom is 0.272 e. The summed E-state index contributed by atoms with van der Waals surface area (Å²) in [6, 6.07) is 5.09. The normalized spacial score (nSPS) is 16.5. The van der Waals surface area contributed by atoms with Crippen LogP contribution < -0.4 is 4.74 Å². The molecule has 1 heterocycles. The van der Waals surface area contributed by atoms with E-state index in [0.717, 1.165) is 18.6 Å². The van der Waals surface area contributed by atoms with Crippen molar-refractivity contribution in [1.82, 2.24) is 0 Å². The smallest absolute Gasteiger partial charge is 0.272 e. The van der Waals surface area contributed by atoms with Gasteiger partial charge in [-0.25, -0.2) is 9.38 Å². The van der Waals surface area contributed by atoms with Crippen LogP contribution in [0, 0.1) is 15.9 Å². The number of nitro benzene ring substituents is 1. The Bertz CT molecular complexity index is 1010. The lowest BCUT2D eigenvalue weighted by Crippen LogP contribution is -2.41. The first-order valence-electron chi connectivity index (χ1n) is 8.06. The number of non-ortho nitro benzene ring substituents is 1. The average Bonchev–Trinajstić information content (AvgIpc) is 2.95. The number of hydrogen-bond donors (Lipinski definition) is 0. The fraction of sp³-hybridized carbons (Fsp3) is 0.222. The molecule has 138 valence electrons. The third-order valence-electron chi connectivity index (χ3n) is 5.02. The molecule has 0 unspecified atom stereocenters. The number of aldehydes is 1. The van der Waals surface area contributed by atoms with Crippen LogP contribution in [0.25, 0.3) is 0 Å². The number of nitro groups is 1. The first kappa shape index (κ1) is 17.9. The van der Waals surface area contributed by atoms with Crippen molar-refractivity contribution in [2.24, 2.45) is 4.99 Å². The van der Waals surface area contributed by atoms with Gasteiger partial charge in [0.25, 0.3) is 5.69 Å². The van der Waals surface area contributed by atoms with E-state index < -0.39 is 16.2 Å². The zero-order valence-electron chi connectivity index (χ0n) is 13.7. The van der Waals surface area contributed by atoms with Crippen molar-refractivity contribution in [3.63, 3.8) is 0 Å². The number of benzene rings is 2. The van der Waals surface area contributed by atoms with Crippen LogP contribution in [0.5, 0.6) is 11.5 Å². The second-order valence-corrected chi connectivity index (χ2v) is 7.23. The molecule has 2 aliphatic rings. The van der Waals surface area contributed by atoms with Crippen LogP contribution >= 0.6 is 23.2 Å². The van der Waals surface area contributed by atoms with E-state index in [1.165, 1.54) is 6.07 Å². The van der Waals surface area contributed by atoms with Gasteiger partial charge >= 0.3 is 0 Å². The molecule has 0 atom stereocenters. The van der Waals surface area contributed by atoms with Crippen molar-refractivity contribution >= 4 is 46.6 Å². The minimum Gasteiger partial charge on any atom is -0.451 e. The molecule has 1 aliphatic carbocycles. The molecule has 2 aromatic rings. The second-order valence-electron chi connectivity index (χ2n) is 6.42. The number of hydrogen-bond acceptors (Lipinski definition) is 5. The summed E-state index contributed by atoms with van der Waals surface area (Å²) >= 11 is 12.1. The highest BCUT2D eigenvalue weighted by Gasteiger charge is 2.50. The zero-order valence-corrected chi connectivity index (χ0v) is 15.2. The summed E-state index contributed by atoms with van der Waals surface area (Å²) in [6.07, 6.45) is 2.81. The molecule has 0 saturated heterocycles. The van der Waals surface area contributed by atoms with Crippen molar-refractivity contribution in [3.05, 3.63) is 55.8 Å². The van der Waals surface area contributed by atoms with Gasteiger partial charge in [0.1, 0.15) is 0 Å². The van der Waals surface area contributed by atoms with Crippen LogP contribution in [-0.4, -0.2) is 16.9 Å². The Morgan fingerprint density at radius 1 is 1.26 bits per heavy atom. The molecule has 0 aromatic heterocycles. The Hall–Kier alpha value is -2.51. The second kappa shape index (κ2) is 6.28. The van der Waals surface area contributed by atoms with Gasteiger partial charge in [-0.1, -0.05) is 29.6 Å². The van der Waals surface area contributed by atoms with Crippen LogP contribution in [0.1, 0.15) is 24.8 Å². The quantitative estimate of drug-likeness (QED) is 0.377. The zero-order chi connectivity index (χ0) is 19.3. The molecule has 9 heteroatoms. The van der Waals surface area contributed by atoms with Crippen molar-refractivity contribution < 1.29 is 18.8 Å². The number of fused-ring (bicyclic) bond motifs is 2. The van der Waals surface area contributed by atoms with Gasteiger partial charge in [-0.3, -0.25) is 14.9 Å². The topological polar surface area (TPSA) is 81.8 Å². The first-order valence-corrected chi connectivity index (χ1v) is 8.81. The molecule has 2 aromatic carbocycles. The SMILES string of the molecule is O=CC1=Nc2ccc(Oc3c(Cl)cc([N+](=O)[O-])cc3Cl)c(F)c2C12CCC2. The molecule has 0 amide bonds. The third kappa shape index (κ3) is 2.61. The van der Waals surface area contributed by atoms with Gasteiger partial charge in [-0.15, -0.1) is 0 Å². The minimum atomic E-state index is -0.705. The molecule has 1 spiro atoms. The first-order chi connectivity index (χ1) is 12.9. The lowest BCUT2D eigenvalue weighted by molar-refractivity contribution is -0.384. The maximum absolute atomic E-state index is 15.2. The van der Waals surface area contributed by atoms with Crippen LogP contribution in [-0.2, 0) is 10.2 Å². The van der Waals surface area contributed by atoms with E-state index in [-0.39, 0.29) is 27.2 Å². The summed E-state index contributed by atoms with van der Waals surface area (Å²) < 4.78 is 20.8. The number of carbonyl (C=O) groups excluding carboxylic acids is 1. The number of nitrogens with zero attached hydrogens (tertiary/aromatic N) is 2. The fourth-order valence-electron chi connectivity index (χ4n) is 3.57. The highest BCUT2D eigenvalue weighted by Crippen LogP contribution is 2.54. The molecule has 4 rings (SSSR count). The molecule has 1 fully saturated rings. The van der Waals surface area contributed by atoms with E-state index in [1.54, 1.807) is 6.07 Å². The molecular weight excluding hydrogens is 398 g/mol. The van der Waals surface area contributed by atoms with Crippen LogP contribution in [0.2, 0.25) is 10.0 Å². The number of rotatable bonds is 4. The molecule has 1 saturated carbocycles. The minimum absolute atomic E-state index is 0.0834. The molecule has 6 nitrogen and oxygen atoms in total. The number of halogens is 3. The Labute approximate surface area is 162 Å². The maximum atomic E-state index is 15.2. The van der Waals surface area contributed by atoms with Crippen LogP contribution in [0.3, 0.4) is 0 Å². The highest BCUT2D eigenvalue weighted by molar-refractivity contribution is 6.37. The van der Waals surface area contributed by atoms with Crippen LogP contribution in [0.4, 0.5) is 15.8 Å². The van der Waals surface area contributed by atoms with Gasteiger partial charge in [-0.05, 0) is 25.0 Å². The summed E-state index contributed by atoms with van der Waals surface area (Å²) in [4.78, 5) is 25.9. The molecular formula is C18H11Cl2FN2O4. The van der Waals surface area contributed by atoms with E-state index in [9.17, 15) is 14.9 Å². The van der Waals surface area contributed by atoms with Gasteiger partial charge < -0.3 is 4.74 Å². The van der Waals surface area contributed by atoms with Gasteiger partial charge in [0.05, 0.1) is 26.4 Å². The number of aliphatic imine (C=N–C) groups is 1. The third-order valence-corrected chi connectivity index (χ3v) is 5.58. The van der Waals surface area contributed by atoms with Crippen molar-refractivity contribution in [3.8, 4) is 11.5 Å². The lowest BCUT2D eigenvalue weighted by Gasteiger charge is -2.39. The van der Waals surface area contributed by atoms with E-state index in [0.29, 0.717) is 36.1 Å². The lowest BCUT2D eigenvalue weighted by atomic mass is 9.62. The van der Waals surface area contributed by atoms with E-state index in [4.69, 9.17) is 27.9 Å². The average molecular weight is 409 g/mol. The molecule has 0 bridgehead atoms. The largest absolute Gasteiger partial charge is 0.451 e. The summed E-state index contributed by atoms with van der Waals surface area (Å²) in [5.41, 5.74) is 0.0596. The Balaban J connectivity index is 1.76. The van der Waals surface area contributed by atoms with Gasteiger partial charge in [-0.2, -0.15) is 0 Å². The Morgan fingerprint density at radius 3 is 2.44 bits per heavy atom. The van der Waals surface area contributed by atoms with E-state index in [1.807, 2.05) is 0 Å². The predicted molar refractivity (Wildman–Crippen MR) is 98.3 cm³/mol. The Kier molecular flexibility index (Phi) is 4.16. The van der Waals surface area contributed by atoms with Crippen molar-refractivity contribution in [2.45, 2.75) is 24.7 Å². The molecule has 27 heavy (non-hydrogen) atoms. The van der Waals surface area contributed by atoms with E-state index in [2.05, 4.69) is 4.99 Å². The number of ether oxygens (including phenoxy) is 1. The van der Waals surface area contributed by atoms with E-state index >= 15 is 4.39 Å². The molecule has 0 radical (unpaired) electrons.